The molecule has 0 fully saturated rings. The Balaban J connectivity index is 2.21. The van der Waals surface area contributed by atoms with Crippen LogP contribution in [-0.2, 0) is 29.0 Å². The number of methoxy groups -OCH3 is 1. The molecule has 1 N–H and O–H groups in total. The number of rotatable bonds is 11. The van der Waals surface area contributed by atoms with Crippen LogP contribution in [0.15, 0.2) is 48.5 Å². The van der Waals surface area contributed by atoms with E-state index in [4.69, 9.17) is 4.74 Å². The molecule has 2 aromatic carbocycles. The average Bonchev–Trinajstić information content (AvgIpc) is 2.77. The molecule has 0 saturated carbocycles. The second kappa shape index (κ2) is 12.1. The van der Waals surface area contributed by atoms with Crippen molar-refractivity contribution in [3.63, 3.8) is 0 Å². The van der Waals surface area contributed by atoms with E-state index in [0.29, 0.717) is 25.8 Å². The molecule has 0 spiro atoms. The van der Waals surface area contributed by atoms with Crippen LogP contribution in [0.3, 0.4) is 0 Å². The van der Waals surface area contributed by atoms with E-state index in [1.165, 1.54) is 5.56 Å². The number of amides is 2. The third-order valence-corrected chi connectivity index (χ3v) is 5.36. The predicted octanol–water partition coefficient (Wildman–Crippen LogP) is 4.52. The van der Waals surface area contributed by atoms with Gasteiger partial charge < -0.3 is 15.0 Å². The molecule has 2 aromatic rings. The lowest BCUT2D eigenvalue weighted by Crippen LogP contribution is -2.50. The van der Waals surface area contributed by atoms with E-state index >= 15 is 0 Å². The van der Waals surface area contributed by atoms with E-state index in [1.54, 1.807) is 12.0 Å². The predicted molar refractivity (Wildman–Crippen MR) is 125 cm³/mol. The molecule has 1 atom stereocenters. The molecule has 0 saturated heterocycles. The molecule has 2 rings (SSSR count). The number of hydrogen-bond acceptors (Lipinski definition) is 3. The summed E-state index contributed by atoms with van der Waals surface area (Å²) in [6.45, 7) is 8.30. The van der Waals surface area contributed by atoms with Crippen LogP contribution in [-0.4, -0.2) is 35.9 Å². The summed E-state index contributed by atoms with van der Waals surface area (Å²) in [7, 11) is 1.62. The maximum atomic E-state index is 13.3. The van der Waals surface area contributed by atoms with E-state index in [9.17, 15) is 9.59 Å². The monoisotopic (exact) mass is 424 g/mol. The minimum atomic E-state index is -0.511. The fourth-order valence-corrected chi connectivity index (χ4v) is 3.60. The van der Waals surface area contributed by atoms with Gasteiger partial charge in [0.25, 0.3) is 0 Å². The number of ether oxygens (including phenoxy) is 1. The van der Waals surface area contributed by atoms with Crippen LogP contribution >= 0.6 is 0 Å². The number of aryl methyl sites for hydroxylation is 2. The molecule has 31 heavy (non-hydrogen) atoms. The Labute approximate surface area is 186 Å². The first-order chi connectivity index (χ1) is 14.9. The van der Waals surface area contributed by atoms with Crippen LogP contribution in [0.2, 0.25) is 0 Å². The van der Waals surface area contributed by atoms with Crippen molar-refractivity contribution < 1.29 is 14.3 Å². The van der Waals surface area contributed by atoms with Gasteiger partial charge in [0.1, 0.15) is 11.8 Å². The highest BCUT2D eigenvalue weighted by atomic mass is 16.5. The molecule has 1 unspecified atom stereocenters. The molecule has 0 aromatic heterocycles. The van der Waals surface area contributed by atoms with Gasteiger partial charge in [-0.3, -0.25) is 9.59 Å². The van der Waals surface area contributed by atoms with Gasteiger partial charge in [0, 0.05) is 19.0 Å². The third-order valence-electron chi connectivity index (χ3n) is 5.36. The van der Waals surface area contributed by atoms with Gasteiger partial charge in [0.2, 0.25) is 11.8 Å². The Morgan fingerprint density at radius 1 is 1.00 bits per heavy atom. The first-order valence-corrected chi connectivity index (χ1v) is 11.2. The minimum Gasteiger partial charge on any atom is -0.497 e. The molecule has 0 aliphatic carbocycles. The number of benzene rings is 2. The first kappa shape index (κ1) is 24.4. The summed E-state index contributed by atoms with van der Waals surface area (Å²) < 4.78 is 5.33. The number of nitrogens with one attached hydrogen (secondary N) is 1. The van der Waals surface area contributed by atoms with Crippen molar-refractivity contribution >= 4 is 11.8 Å². The van der Waals surface area contributed by atoms with Crippen LogP contribution < -0.4 is 10.1 Å². The van der Waals surface area contributed by atoms with Gasteiger partial charge in [-0.1, -0.05) is 50.2 Å². The first-order valence-electron chi connectivity index (χ1n) is 11.2. The molecule has 0 aliphatic heterocycles. The molecule has 5 heteroatoms. The lowest BCUT2D eigenvalue weighted by molar-refractivity contribution is -0.141. The number of carbonyl (C=O) groups is 2. The highest BCUT2D eigenvalue weighted by Gasteiger charge is 2.28. The van der Waals surface area contributed by atoms with Crippen LogP contribution in [0.4, 0.5) is 0 Å². The molecule has 0 bridgehead atoms. The second-order valence-corrected chi connectivity index (χ2v) is 8.13. The quantitative estimate of drug-likeness (QED) is 0.577. The van der Waals surface area contributed by atoms with Crippen molar-refractivity contribution in [3.05, 3.63) is 65.2 Å². The molecule has 2 amide bonds. The Morgan fingerprint density at radius 3 is 2.26 bits per heavy atom. The number of nitrogens with zero attached hydrogens (tertiary/aromatic N) is 1. The van der Waals surface area contributed by atoms with E-state index in [2.05, 4.69) is 36.5 Å². The van der Waals surface area contributed by atoms with Crippen molar-refractivity contribution in [2.75, 3.05) is 7.11 Å². The topological polar surface area (TPSA) is 58.6 Å². The highest BCUT2D eigenvalue weighted by Crippen LogP contribution is 2.19. The zero-order valence-corrected chi connectivity index (χ0v) is 19.5. The zero-order chi connectivity index (χ0) is 22.8. The van der Waals surface area contributed by atoms with Gasteiger partial charge >= 0.3 is 0 Å². The maximum Gasteiger partial charge on any atom is 0.243 e. The van der Waals surface area contributed by atoms with Crippen molar-refractivity contribution in [2.24, 2.45) is 0 Å². The summed E-state index contributed by atoms with van der Waals surface area (Å²) in [6, 6.07) is 15.5. The second-order valence-electron chi connectivity index (χ2n) is 8.13. The van der Waals surface area contributed by atoms with Crippen molar-refractivity contribution in [2.45, 2.75) is 72.0 Å². The summed E-state index contributed by atoms with van der Waals surface area (Å²) in [5.74, 6) is 0.606. The van der Waals surface area contributed by atoms with Gasteiger partial charge in [0.05, 0.1) is 7.11 Å². The summed E-state index contributed by atoms with van der Waals surface area (Å²) in [6.07, 6.45) is 2.57. The summed E-state index contributed by atoms with van der Waals surface area (Å²) >= 11 is 0. The van der Waals surface area contributed by atoms with E-state index in [-0.39, 0.29) is 17.9 Å². The summed E-state index contributed by atoms with van der Waals surface area (Å²) in [5, 5.41) is 2.97. The van der Waals surface area contributed by atoms with Crippen LogP contribution in [0.5, 0.6) is 5.75 Å². The molecule has 0 heterocycles. The Morgan fingerprint density at radius 2 is 1.68 bits per heavy atom. The van der Waals surface area contributed by atoms with E-state index < -0.39 is 6.04 Å². The van der Waals surface area contributed by atoms with Crippen LogP contribution in [0.25, 0.3) is 0 Å². The lowest BCUT2D eigenvalue weighted by Gasteiger charge is -2.31. The van der Waals surface area contributed by atoms with E-state index in [1.807, 2.05) is 45.0 Å². The largest absolute Gasteiger partial charge is 0.497 e. The lowest BCUT2D eigenvalue weighted by atomic mass is 10.0. The highest BCUT2D eigenvalue weighted by molar-refractivity contribution is 5.87. The normalized spacial score (nSPS) is 11.8. The molecule has 168 valence electrons. The van der Waals surface area contributed by atoms with Gasteiger partial charge in [-0.05, 0) is 61.9 Å². The van der Waals surface area contributed by atoms with Gasteiger partial charge in [0.15, 0.2) is 0 Å². The van der Waals surface area contributed by atoms with Gasteiger partial charge in [-0.15, -0.1) is 0 Å². The smallest absolute Gasteiger partial charge is 0.243 e. The zero-order valence-electron chi connectivity index (χ0n) is 19.5. The average molecular weight is 425 g/mol. The molecule has 0 aliphatic rings. The van der Waals surface area contributed by atoms with Crippen molar-refractivity contribution in [3.8, 4) is 5.75 Å². The maximum absolute atomic E-state index is 13.3. The SMILES string of the molecule is CCc1ccc(CCC(=O)N(Cc2cccc(OC)c2)C(CC)C(=O)NC(C)C)cc1. The Hall–Kier alpha value is -2.82. The molecular weight excluding hydrogens is 388 g/mol. The van der Waals surface area contributed by atoms with Crippen LogP contribution in [0, 0.1) is 0 Å². The number of hydrogen-bond donors (Lipinski definition) is 1. The summed E-state index contributed by atoms with van der Waals surface area (Å²) in [5.41, 5.74) is 3.36. The summed E-state index contributed by atoms with van der Waals surface area (Å²) in [4.78, 5) is 27.9. The Kier molecular flexibility index (Phi) is 9.57. The van der Waals surface area contributed by atoms with Gasteiger partial charge in [-0.25, -0.2) is 0 Å². The molecular formula is C26H36N2O3. The van der Waals surface area contributed by atoms with Crippen LogP contribution in [0.1, 0.15) is 57.2 Å². The van der Waals surface area contributed by atoms with Crippen molar-refractivity contribution in [1.82, 2.24) is 10.2 Å². The van der Waals surface area contributed by atoms with Gasteiger partial charge in [-0.2, -0.15) is 0 Å². The standard InChI is InChI=1S/C26H36N2O3/c1-6-20-11-13-21(14-12-20)15-16-25(29)28(24(7-2)26(30)27-19(3)4)18-22-9-8-10-23(17-22)31-5/h8-14,17,19,24H,6-7,15-16,18H2,1-5H3,(H,27,30). The minimum absolute atomic E-state index is 0.0202. The third kappa shape index (κ3) is 7.42. The number of carbonyl (C=O) groups excluding carboxylic acids is 2. The van der Waals surface area contributed by atoms with E-state index in [0.717, 1.165) is 23.3 Å². The molecule has 5 nitrogen and oxygen atoms in total. The molecule has 0 radical (unpaired) electrons. The van der Waals surface area contributed by atoms with Crippen molar-refractivity contribution in [1.29, 1.82) is 0 Å². The fraction of sp³-hybridized carbons (Fsp3) is 0.462. The Bertz CT molecular complexity index is 846. The fourth-order valence-electron chi connectivity index (χ4n) is 3.60.